The number of nitrogens with zero attached hydrogens (tertiary/aromatic N) is 3. The van der Waals surface area contributed by atoms with Gasteiger partial charge >= 0.3 is 0 Å². The summed E-state index contributed by atoms with van der Waals surface area (Å²) in [7, 11) is 0. The van der Waals surface area contributed by atoms with Crippen LogP contribution in [0.25, 0.3) is 72.0 Å². The molecule has 4 nitrogen and oxygen atoms in total. The third-order valence-corrected chi connectivity index (χ3v) is 8.75. The Morgan fingerprint density at radius 1 is 0.681 bits per heavy atom. The number of para-hydroxylation sites is 2. The van der Waals surface area contributed by atoms with Crippen LogP contribution in [-0.2, 0) is 26.5 Å². The van der Waals surface area contributed by atoms with Crippen molar-refractivity contribution in [3.05, 3.63) is 145 Å². The Bertz CT molecular complexity index is 2420. The Hall–Kier alpha value is -5.05. The minimum absolute atomic E-state index is 0. The number of benzene rings is 6. The number of aromatic hydroxyl groups is 1. The van der Waals surface area contributed by atoms with E-state index in [-0.39, 0.29) is 32.2 Å². The van der Waals surface area contributed by atoms with Gasteiger partial charge < -0.3 is 5.11 Å². The zero-order valence-corrected chi connectivity index (χ0v) is 28.6. The summed E-state index contributed by atoms with van der Waals surface area (Å²) in [5.74, 6) is 0.872. The van der Waals surface area contributed by atoms with Crippen LogP contribution in [0.1, 0.15) is 26.3 Å². The van der Waals surface area contributed by atoms with Gasteiger partial charge in [-0.25, -0.2) is 4.98 Å². The maximum absolute atomic E-state index is 11.0. The Morgan fingerprint density at radius 2 is 1.36 bits per heavy atom. The molecule has 0 bridgehead atoms. The SMILES string of the molecule is CC(C)(C)c1cc(-c2[c-]c(-c3cc4ccccc4cn3)cc3ccccc23)c2nc(-c3ccccc3O)n(-c3ccccc3)c2c1.[Pt]. The minimum atomic E-state index is -0.142. The van der Waals surface area contributed by atoms with Crippen LogP contribution in [0.2, 0.25) is 0 Å². The normalized spacial score (nSPS) is 11.6. The number of hydrogen-bond donors (Lipinski definition) is 1. The number of aromatic nitrogens is 3. The van der Waals surface area contributed by atoms with E-state index in [1.54, 1.807) is 6.07 Å². The van der Waals surface area contributed by atoms with Gasteiger partial charge in [0.2, 0.25) is 0 Å². The molecular weight excluding hydrogens is 758 g/mol. The van der Waals surface area contributed by atoms with Crippen molar-refractivity contribution in [2.45, 2.75) is 26.2 Å². The summed E-state index contributed by atoms with van der Waals surface area (Å²) in [6, 6.07) is 47.1. The van der Waals surface area contributed by atoms with Gasteiger partial charge in [-0.05, 0) is 52.1 Å². The molecule has 0 spiro atoms. The van der Waals surface area contributed by atoms with Crippen LogP contribution >= 0.6 is 0 Å². The van der Waals surface area contributed by atoms with E-state index in [2.05, 4.69) is 110 Å². The Morgan fingerprint density at radius 3 is 2.13 bits per heavy atom. The van der Waals surface area contributed by atoms with E-state index in [9.17, 15) is 5.11 Å². The van der Waals surface area contributed by atoms with Crippen molar-refractivity contribution < 1.29 is 26.2 Å². The van der Waals surface area contributed by atoms with Crippen LogP contribution < -0.4 is 0 Å². The van der Waals surface area contributed by atoms with Crippen molar-refractivity contribution >= 4 is 32.6 Å². The predicted octanol–water partition coefficient (Wildman–Crippen LogP) is 10.5. The summed E-state index contributed by atoms with van der Waals surface area (Å²) in [6.45, 7) is 6.72. The molecule has 0 amide bonds. The van der Waals surface area contributed by atoms with E-state index in [1.165, 1.54) is 5.56 Å². The average molecular weight is 790 g/mol. The van der Waals surface area contributed by atoms with Crippen LogP contribution in [0.4, 0.5) is 0 Å². The fraction of sp³-hybridized carbons (Fsp3) is 0.0952. The summed E-state index contributed by atoms with van der Waals surface area (Å²) in [5.41, 5.74) is 8.28. The molecule has 0 saturated heterocycles. The standard InChI is InChI=1S/C42H32N3O.Pt/c1-42(2,3)31-24-36(40-38(25-31)45(32-16-5-4-6-17-32)41(44-40)34-19-11-12-20-39(34)46)35-22-30(21-28-14-9-10-18-33(28)35)37-23-27-13-7-8-15-29(27)26-43-37;/h4-21,23-26,46H,1-3H3;/q-1;. The molecule has 5 heteroatoms. The molecule has 0 aliphatic rings. The molecule has 0 saturated carbocycles. The monoisotopic (exact) mass is 789 g/mol. The van der Waals surface area contributed by atoms with Crippen molar-refractivity contribution in [1.82, 2.24) is 14.5 Å². The van der Waals surface area contributed by atoms with Gasteiger partial charge in [0.15, 0.2) is 0 Å². The smallest absolute Gasteiger partial charge is 0.148 e. The van der Waals surface area contributed by atoms with Gasteiger partial charge in [0.25, 0.3) is 0 Å². The molecule has 47 heavy (non-hydrogen) atoms. The Balaban J connectivity index is 0.00000351. The van der Waals surface area contributed by atoms with Gasteiger partial charge in [-0.2, -0.15) is 0 Å². The molecule has 2 heterocycles. The van der Waals surface area contributed by atoms with E-state index in [0.29, 0.717) is 11.4 Å². The fourth-order valence-electron chi connectivity index (χ4n) is 6.31. The van der Waals surface area contributed by atoms with Gasteiger partial charge in [-0.1, -0.05) is 134 Å². The van der Waals surface area contributed by atoms with Crippen LogP contribution in [-0.4, -0.2) is 19.6 Å². The number of fused-ring (bicyclic) bond motifs is 3. The van der Waals surface area contributed by atoms with E-state index in [1.807, 2.05) is 48.7 Å². The van der Waals surface area contributed by atoms with Crippen molar-refractivity contribution in [2.75, 3.05) is 0 Å². The number of rotatable bonds is 4. The van der Waals surface area contributed by atoms with E-state index < -0.39 is 0 Å². The van der Waals surface area contributed by atoms with Crippen LogP contribution in [0, 0.1) is 6.07 Å². The number of hydrogen-bond acceptors (Lipinski definition) is 3. The number of phenols is 1. The summed E-state index contributed by atoms with van der Waals surface area (Å²) in [4.78, 5) is 10.2. The predicted molar refractivity (Wildman–Crippen MR) is 189 cm³/mol. The van der Waals surface area contributed by atoms with Gasteiger partial charge in [0.1, 0.15) is 11.6 Å². The molecule has 8 aromatic rings. The molecule has 0 unspecified atom stereocenters. The summed E-state index contributed by atoms with van der Waals surface area (Å²) >= 11 is 0. The van der Waals surface area contributed by atoms with E-state index in [4.69, 9.17) is 9.97 Å². The summed E-state index contributed by atoms with van der Waals surface area (Å²) in [6.07, 6.45) is 1.94. The van der Waals surface area contributed by atoms with E-state index in [0.717, 1.165) is 60.6 Å². The third-order valence-electron chi connectivity index (χ3n) is 8.75. The first-order valence-electron chi connectivity index (χ1n) is 15.6. The van der Waals surface area contributed by atoms with Gasteiger partial charge in [-0.15, -0.1) is 17.7 Å². The van der Waals surface area contributed by atoms with Crippen molar-refractivity contribution in [3.63, 3.8) is 0 Å². The third kappa shape index (κ3) is 5.43. The van der Waals surface area contributed by atoms with Crippen LogP contribution in [0.5, 0.6) is 5.75 Å². The van der Waals surface area contributed by atoms with Gasteiger partial charge in [0, 0.05) is 38.6 Å². The molecule has 0 aliphatic carbocycles. The maximum Gasteiger partial charge on any atom is 0.148 e. The first-order valence-corrected chi connectivity index (χ1v) is 15.6. The quantitative estimate of drug-likeness (QED) is 0.181. The molecule has 0 radical (unpaired) electrons. The molecule has 6 aromatic carbocycles. The Kier molecular flexibility index (Phi) is 7.78. The summed E-state index contributed by atoms with van der Waals surface area (Å²) in [5, 5.41) is 15.5. The zero-order valence-electron chi connectivity index (χ0n) is 26.3. The molecule has 0 fully saturated rings. The van der Waals surface area contributed by atoms with Crippen molar-refractivity contribution in [3.8, 4) is 45.2 Å². The minimum Gasteiger partial charge on any atom is -0.507 e. The fourth-order valence-corrected chi connectivity index (χ4v) is 6.31. The van der Waals surface area contributed by atoms with Crippen molar-refractivity contribution in [1.29, 1.82) is 0 Å². The number of phenolic OH excluding ortho intramolecular Hbond substituents is 1. The van der Waals surface area contributed by atoms with Crippen LogP contribution in [0.15, 0.2) is 134 Å². The molecule has 1 N–H and O–H groups in total. The maximum atomic E-state index is 11.0. The Labute approximate surface area is 288 Å². The molecular formula is C42H32N3OPt-. The first-order chi connectivity index (χ1) is 22.3. The number of imidazole rings is 1. The summed E-state index contributed by atoms with van der Waals surface area (Å²) < 4.78 is 2.17. The molecule has 0 aliphatic heterocycles. The average Bonchev–Trinajstić information content (AvgIpc) is 3.47. The van der Waals surface area contributed by atoms with Crippen LogP contribution in [0.3, 0.4) is 0 Å². The van der Waals surface area contributed by atoms with Gasteiger partial charge in [0.05, 0.1) is 16.6 Å². The van der Waals surface area contributed by atoms with Crippen molar-refractivity contribution in [2.24, 2.45) is 0 Å². The first kappa shape index (κ1) is 30.6. The zero-order chi connectivity index (χ0) is 31.4. The second-order valence-electron chi connectivity index (χ2n) is 12.8. The number of pyridine rings is 1. The van der Waals surface area contributed by atoms with E-state index >= 15 is 0 Å². The molecule has 8 rings (SSSR count). The molecule has 0 atom stereocenters. The topological polar surface area (TPSA) is 50.9 Å². The molecule has 2 aromatic heterocycles. The second kappa shape index (κ2) is 12.0. The van der Waals surface area contributed by atoms with Gasteiger partial charge in [-0.3, -0.25) is 9.55 Å². The largest absolute Gasteiger partial charge is 0.507 e. The molecule has 232 valence electrons. The second-order valence-corrected chi connectivity index (χ2v) is 12.8.